The Morgan fingerprint density at radius 3 is 2.45 bits per heavy atom. The van der Waals surface area contributed by atoms with Gasteiger partial charge in [0.25, 0.3) is 0 Å². The highest BCUT2D eigenvalue weighted by atomic mass is 79.9. The van der Waals surface area contributed by atoms with Crippen LogP contribution in [0.1, 0.15) is 18.1 Å². The van der Waals surface area contributed by atoms with E-state index in [1.165, 1.54) is 6.07 Å². The Labute approximate surface area is 126 Å². The monoisotopic (exact) mass is 337 g/mol. The highest BCUT2D eigenvalue weighted by molar-refractivity contribution is 9.10. The van der Waals surface area contributed by atoms with E-state index in [0.29, 0.717) is 17.1 Å². The van der Waals surface area contributed by atoms with Crippen LogP contribution < -0.4 is 10.5 Å². The van der Waals surface area contributed by atoms with Crippen LogP contribution in [0.5, 0.6) is 11.5 Å². The van der Waals surface area contributed by atoms with Crippen LogP contribution in [0.15, 0.2) is 40.9 Å². The number of hydrogen-bond donors (Lipinski definition) is 1. The molecule has 1 unspecified atom stereocenters. The Balaban J connectivity index is 2.17. The lowest BCUT2D eigenvalue weighted by Gasteiger charge is -2.11. The van der Waals surface area contributed by atoms with E-state index in [1.54, 1.807) is 19.1 Å². The molecule has 2 N–H and O–H groups in total. The van der Waals surface area contributed by atoms with Crippen LogP contribution in [-0.2, 0) is 6.42 Å². The molecule has 0 aliphatic carbocycles. The molecule has 0 amide bonds. The molecular weight excluding hydrogens is 321 g/mol. The number of aryl methyl sites for hydroxylation is 1. The minimum atomic E-state index is -0.231. The van der Waals surface area contributed by atoms with Gasteiger partial charge in [-0.05, 0) is 61.7 Å². The maximum atomic E-state index is 13.2. The Hall–Kier alpha value is -1.39. The highest BCUT2D eigenvalue weighted by Crippen LogP contribution is 2.28. The van der Waals surface area contributed by atoms with Crippen molar-refractivity contribution in [2.45, 2.75) is 26.3 Å². The van der Waals surface area contributed by atoms with Crippen molar-refractivity contribution in [2.24, 2.45) is 5.73 Å². The van der Waals surface area contributed by atoms with Crippen LogP contribution in [0.2, 0.25) is 0 Å². The number of ether oxygens (including phenoxy) is 1. The van der Waals surface area contributed by atoms with Crippen molar-refractivity contribution in [3.8, 4) is 11.5 Å². The third kappa shape index (κ3) is 3.81. The molecule has 2 nitrogen and oxygen atoms in total. The minimum Gasteiger partial charge on any atom is -0.457 e. The van der Waals surface area contributed by atoms with Crippen molar-refractivity contribution >= 4 is 15.9 Å². The smallest absolute Gasteiger partial charge is 0.128 e. The van der Waals surface area contributed by atoms with E-state index in [4.69, 9.17) is 10.5 Å². The second-order valence-electron chi connectivity index (χ2n) is 4.95. The first kappa shape index (κ1) is 15.0. The van der Waals surface area contributed by atoms with Gasteiger partial charge in [0.15, 0.2) is 0 Å². The summed E-state index contributed by atoms with van der Waals surface area (Å²) in [5, 5.41) is 0. The van der Waals surface area contributed by atoms with E-state index in [2.05, 4.69) is 15.9 Å². The summed E-state index contributed by atoms with van der Waals surface area (Å²) in [6, 6.07) is 10.6. The normalized spacial score (nSPS) is 12.2. The molecule has 0 fully saturated rings. The second-order valence-corrected chi connectivity index (χ2v) is 5.80. The van der Waals surface area contributed by atoms with E-state index in [-0.39, 0.29) is 11.9 Å². The van der Waals surface area contributed by atoms with E-state index in [9.17, 15) is 4.39 Å². The van der Waals surface area contributed by atoms with Gasteiger partial charge in [-0.3, -0.25) is 0 Å². The molecule has 4 heteroatoms. The topological polar surface area (TPSA) is 35.2 Å². The number of benzene rings is 2. The Bertz CT molecular complexity index is 613. The minimum absolute atomic E-state index is 0.109. The fourth-order valence-corrected chi connectivity index (χ4v) is 2.44. The SMILES string of the molecule is Cc1cc(Oc2ccc(CC(C)N)c(Br)c2)ccc1F. The van der Waals surface area contributed by atoms with Crippen molar-refractivity contribution in [1.29, 1.82) is 0 Å². The van der Waals surface area contributed by atoms with Crippen LogP contribution in [0.4, 0.5) is 4.39 Å². The first-order valence-corrected chi connectivity index (χ1v) is 7.23. The summed E-state index contributed by atoms with van der Waals surface area (Å²) in [5.74, 6) is 1.10. The molecule has 0 aliphatic rings. The predicted molar refractivity (Wildman–Crippen MR) is 82.7 cm³/mol. The molecule has 106 valence electrons. The predicted octanol–water partition coefficient (Wildman–Crippen LogP) is 4.58. The zero-order chi connectivity index (χ0) is 14.7. The van der Waals surface area contributed by atoms with Crippen molar-refractivity contribution in [3.63, 3.8) is 0 Å². The van der Waals surface area contributed by atoms with Gasteiger partial charge in [0.1, 0.15) is 17.3 Å². The van der Waals surface area contributed by atoms with Gasteiger partial charge >= 0.3 is 0 Å². The lowest BCUT2D eigenvalue weighted by molar-refractivity contribution is 0.479. The molecule has 0 radical (unpaired) electrons. The van der Waals surface area contributed by atoms with Gasteiger partial charge in [-0.1, -0.05) is 22.0 Å². The zero-order valence-corrected chi connectivity index (χ0v) is 13.1. The summed E-state index contributed by atoms with van der Waals surface area (Å²) < 4.78 is 19.9. The standard InChI is InChI=1S/C16H17BrFNO/c1-10-7-13(5-6-16(10)18)20-14-4-3-12(8-11(2)19)15(17)9-14/h3-7,9,11H,8,19H2,1-2H3. The maximum Gasteiger partial charge on any atom is 0.128 e. The first-order valence-electron chi connectivity index (χ1n) is 6.43. The summed E-state index contributed by atoms with van der Waals surface area (Å²) in [6.45, 7) is 3.68. The van der Waals surface area contributed by atoms with Gasteiger partial charge in [-0.2, -0.15) is 0 Å². The molecule has 20 heavy (non-hydrogen) atoms. The molecule has 0 aliphatic heterocycles. The zero-order valence-electron chi connectivity index (χ0n) is 11.5. The average molecular weight is 338 g/mol. The molecule has 2 aromatic rings. The summed E-state index contributed by atoms with van der Waals surface area (Å²) in [7, 11) is 0. The molecule has 2 rings (SSSR count). The molecule has 2 aromatic carbocycles. The summed E-state index contributed by atoms with van der Waals surface area (Å²) >= 11 is 3.52. The second kappa shape index (κ2) is 6.37. The molecule has 0 aromatic heterocycles. The van der Waals surface area contributed by atoms with Gasteiger partial charge in [0, 0.05) is 10.5 Å². The van der Waals surface area contributed by atoms with E-state index >= 15 is 0 Å². The quantitative estimate of drug-likeness (QED) is 0.886. The molecule has 1 atom stereocenters. The fourth-order valence-electron chi connectivity index (χ4n) is 1.92. The molecule has 0 spiro atoms. The molecule has 0 bridgehead atoms. The Kier molecular flexibility index (Phi) is 4.78. The summed E-state index contributed by atoms with van der Waals surface area (Å²) in [5.41, 5.74) is 7.50. The van der Waals surface area contributed by atoms with Gasteiger partial charge in [-0.25, -0.2) is 4.39 Å². The van der Waals surface area contributed by atoms with Crippen molar-refractivity contribution in [3.05, 3.63) is 57.8 Å². The van der Waals surface area contributed by atoms with Gasteiger partial charge in [0.05, 0.1) is 0 Å². The van der Waals surface area contributed by atoms with Gasteiger partial charge < -0.3 is 10.5 Å². The number of halogens is 2. The largest absolute Gasteiger partial charge is 0.457 e. The van der Waals surface area contributed by atoms with Crippen molar-refractivity contribution < 1.29 is 9.13 Å². The molecular formula is C16H17BrFNO. The summed E-state index contributed by atoms with van der Waals surface area (Å²) in [4.78, 5) is 0. The van der Waals surface area contributed by atoms with E-state index in [1.807, 2.05) is 25.1 Å². The Morgan fingerprint density at radius 2 is 1.85 bits per heavy atom. The Morgan fingerprint density at radius 1 is 1.20 bits per heavy atom. The van der Waals surface area contributed by atoms with Gasteiger partial charge in [-0.15, -0.1) is 0 Å². The maximum absolute atomic E-state index is 13.2. The van der Waals surface area contributed by atoms with Crippen molar-refractivity contribution in [2.75, 3.05) is 0 Å². The van der Waals surface area contributed by atoms with E-state index < -0.39 is 0 Å². The number of rotatable bonds is 4. The van der Waals surface area contributed by atoms with Crippen LogP contribution in [0.3, 0.4) is 0 Å². The molecule has 0 saturated heterocycles. The lowest BCUT2D eigenvalue weighted by atomic mass is 10.1. The van der Waals surface area contributed by atoms with Crippen LogP contribution in [-0.4, -0.2) is 6.04 Å². The lowest BCUT2D eigenvalue weighted by Crippen LogP contribution is -2.17. The molecule has 0 heterocycles. The van der Waals surface area contributed by atoms with Crippen molar-refractivity contribution in [1.82, 2.24) is 0 Å². The number of hydrogen-bond acceptors (Lipinski definition) is 2. The summed E-state index contributed by atoms with van der Waals surface area (Å²) in [6.07, 6.45) is 0.802. The average Bonchev–Trinajstić information content (AvgIpc) is 2.37. The third-order valence-corrected chi connectivity index (χ3v) is 3.67. The van der Waals surface area contributed by atoms with Crippen LogP contribution in [0.25, 0.3) is 0 Å². The number of nitrogens with two attached hydrogens (primary N) is 1. The van der Waals surface area contributed by atoms with Crippen LogP contribution in [0, 0.1) is 12.7 Å². The third-order valence-electron chi connectivity index (χ3n) is 2.93. The van der Waals surface area contributed by atoms with Gasteiger partial charge in [0.2, 0.25) is 0 Å². The fraction of sp³-hybridized carbons (Fsp3) is 0.250. The molecule has 0 saturated carbocycles. The van der Waals surface area contributed by atoms with Crippen LogP contribution >= 0.6 is 15.9 Å². The highest BCUT2D eigenvalue weighted by Gasteiger charge is 2.06. The van der Waals surface area contributed by atoms with E-state index in [0.717, 1.165) is 16.5 Å². The first-order chi connectivity index (χ1) is 9.45.